The minimum absolute atomic E-state index is 0.0660. The van der Waals surface area contributed by atoms with E-state index in [-0.39, 0.29) is 10.9 Å². The second kappa shape index (κ2) is 4.95. The molecule has 0 spiro atoms. The van der Waals surface area contributed by atoms with Crippen molar-refractivity contribution in [3.63, 3.8) is 0 Å². The molecule has 0 unspecified atom stereocenters. The predicted octanol–water partition coefficient (Wildman–Crippen LogP) is 1.12. The van der Waals surface area contributed by atoms with Crippen LogP contribution in [-0.2, 0) is 10.0 Å². The molecule has 1 aromatic rings. The molecule has 0 aliphatic carbocycles. The fourth-order valence-electron chi connectivity index (χ4n) is 2.16. The molecule has 1 saturated heterocycles. The molecule has 2 rings (SSSR count). The van der Waals surface area contributed by atoms with Gasteiger partial charge in [-0.25, -0.2) is 12.8 Å². The Morgan fingerprint density at radius 1 is 1.44 bits per heavy atom. The lowest BCUT2D eigenvalue weighted by Gasteiger charge is -2.33. The first-order valence-corrected chi connectivity index (χ1v) is 7.35. The Labute approximate surface area is 107 Å². The number of nitrogens with zero attached hydrogens (tertiary/aromatic N) is 1. The first-order valence-electron chi connectivity index (χ1n) is 5.91. The quantitative estimate of drug-likeness (QED) is 0.877. The third kappa shape index (κ3) is 2.41. The molecular formula is C12H17FN2O2S. The molecule has 0 bridgehead atoms. The van der Waals surface area contributed by atoms with Gasteiger partial charge in [-0.15, -0.1) is 0 Å². The lowest BCUT2D eigenvalue weighted by Crippen LogP contribution is -2.52. The molecule has 1 fully saturated rings. The zero-order chi connectivity index (χ0) is 13.3. The maximum atomic E-state index is 13.2. The summed E-state index contributed by atoms with van der Waals surface area (Å²) in [6, 6.07) is 3.75. The molecule has 4 nitrogen and oxygen atoms in total. The summed E-state index contributed by atoms with van der Waals surface area (Å²) in [7, 11) is -3.61. The number of sulfonamides is 1. The van der Waals surface area contributed by atoms with E-state index in [1.165, 1.54) is 16.4 Å². The van der Waals surface area contributed by atoms with Gasteiger partial charge in [-0.3, -0.25) is 0 Å². The van der Waals surface area contributed by atoms with Crippen LogP contribution >= 0.6 is 0 Å². The number of benzene rings is 1. The van der Waals surface area contributed by atoms with Crippen LogP contribution in [0.1, 0.15) is 12.5 Å². The van der Waals surface area contributed by atoms with Crippen LogP contribution in [0.15, 0.2) is 23.1 Å². The van der Waals surface area contributed by atoms with Crippen molar-refractivity contribution < 1.29 is 12.8 Å². The Balaban J connectivity index is 2.44. The lowest BCUT2D eigenvalue weighted by atomic mass is 10.2. The summed E-state index contributed by atoms with van der Waals surface area (Å²) in [6.07, 6.45) is 0. The van der Waals surface area contributed by atoms with Gasteiger partial charge in [0.1, 0.15) is 5.82 Å². The standard InChI is InChI=1S/C12H17FN2O2S/c1-9-3-4-11(13)7-12(9)18(16,17)15-6-5-14-8-10(15)2/h3-4,7,10,14H,5-6,8H2,1-2H3/t10-/m0/s1. The van der Waals surface area contributed by atoms with Crippen molar-refractivity contribution in [3.05, 3.63) is 29.6 Å². The molecule has 6 heteroatoms. The topological polar surface area (TPSA) is 49.4 Å². The van der Waals surface area contributed by atoms with Gasteiger partial charge in [0.2, 0.25) is 10.0 Å². The van der Waals surface area contributed by atoms with E-state index in [4.69, 9.17) is 0 Å². The number of aryl methyl sites for hydroxylation is 1. The average molecular weight is 272 g/mol. The predicted molar refractivity (Wildman–Crippen MR) is 67.4 cm³/mol. The van der Waals surface area contributed by atoms with Gasteiger partial charge in [-0.05, 0) is 31.5 Å². The fraction of sp³-hybridized carbons (Fsp3) is 0.500. The number of rotatable bonds is 2. The number of hydrogen-bond acceptors (Lipinski definition) is 3. The molecule has 18 heavy (non-hydrogen) atoms. The highest BCUT2D eigenvalue weighted by molar-refractivity contribution is 7.89. The summed E-state index contributed by atoms with van der Waals surface area (Å²) in [6.45, 7) is 5.18. The average Bonchev–Trinajstić information content (AvgIpc) is 2.32. The van der Waals surface area contributed by atoms with E-state index in [0.717, 1.165) is 6.07 Å². The van der Waals surface area contributed by atoms with E-state index in [1.807, 2.05) is 6.92 Å². The van der Waals surface area contributed by atoms with Crippen LogP contribution in [0.25, 0.3) is 0 Å². The zero-order valence-electron chi connectivity index (χ0n) is 10.5. The molecule has 0 aromatic heterocycles. The molecule has 0 radical (unpaired) electrons. The molecule has 100 valence electrons. The monoisotopic (exact) mass is 272 g/mol. The molecule has 1 heterocycles. The van der Waals surface area contributed by atoms with Crippen LogP contribution in [0, 0.1) is 12.7 Å². The van der Waals surface area contributed by atoms with Gasteiger partial charge < -0.3 is 5.32 Å². The van der Waals surface area contributed by atoms with E-state index in [9.17, 15) is 12.8 Å². The molecule has 1 aliphatic rings. The summed E-state index contributed by atoms with van der Waals surface area (Å²) >= 11 is 0. The largest absolute Gasteiger partial charge is 0.314 e. The third-order valence-electron chi connectivity index (χ3n) is 3.18. The molecule has 1 atom stereocenters. The van der Waals surface area contributed by atoms with Crippen molar-refractivity contribution in [1.29, 1.82) is 0 Å². The number of halogens is 1. The zero-order valence-corrected chi connectivity index (χ0v) is 11.3. The maximum Gasteiger partial charge on any atom is 0.243 e. The Morgan fingerprint density at radius 3 is 2.83 bits per heavy atom. The van der Waals surface area contributed by atoms with Crippen LogP contribution in [-0.4, -0.2) is 38.4 Å². The summed E-state index contributed by atoms with van der Waals surface area (Å²) in [4.78, 5) is 0.0660. The van der Waals surface area contributed by atoms with E-state index < -0.39 is 15.8 Å². The lowest BCUT2D eigenvalue weighted by molar-refractivity contribution is 0.283. The van der Waals surface area contributed by atoms with E-state index in [1.54, 1.807) is 6.92 Å². The Bertz CT molecular complexity index is 545. The van der Waals surface area contributed by atoms with Crippen molar-refractivity contribution >= 4 is 10.0 Å². The fourth-order valence-corrected chi connectivity index (χ4v) is 4.03. The van der Waals surface area contributed by atoms with E-state index >= 15 is 0 Å². The molecule has 1 aliphatic heterocycles. The molecule has 1 aromatic carbocycles. The normalized spacial score (nSPS) is 22.1. The molecular weight excluding hydrogens is 255 g/mol. The summed E-state index contributed by atoms with van der Waals surface area (Å²) in [5.74, 6) is -0.526. The second-order valence-corrected chi connectivity index (χ2v) is 6.44. The highest BCUT2D eigenvalue weighted by atomic mass is 32.2. The Morgan fingerprint density at radius 2 is 2.17 bits per heavy atom. The maximum absolute atomic E-state index is 13.2. The van der Waals surface area contributed by atoms with Crippen LogP contribution < -0.4 is 5.32 Å². The van der Waals surface area contributed by atoms with Gasteiger partial charge in [-0.2, -0.15) is 4.31 Å². The van der Waals surface area contributed by atoms with E-state index in [2.05, 4.69) is 5.32 Å². The minimum Gasteiger partial charge on any atom is -0.314 e. The summed E-state index contributed by atoms with van der Waals surface area (Å²) < 4.78 is 39.7. The number of hydrogen-bond donors (Lipinski definition) is 1. The van der Waals surface area contributed by atoms with Crippen LogP contribution in [0.2, 0.25) is 0 Å². The molecule has 0 amide bonds. The third-order valence-corrected chi connectivity index (χ3v) is 5.33. The van der Waals surface area contributed by atoms with E-state index in [0.29, 0.717) is 25.2 Å². The molecule has 0 saturated carbocycles. The van der Waals surface area contributed by atoms with Gasteiger partial charge in [0.25, 0.3) is 0 Å². The first-order chi connectivity index (χ1) is 8.43. The summed E-state index contributed by atoms with van der Waals surface area (Å²) in [5.41, 5.74) is 0.571. The van der Waals surface area contributed by atoms with Crippen molar-refractivity contribution in [3.8, 4) is 0 Å². The Kier molecular flexibility index (Phi) is 3.70. The molecule has 1 N–H and O–H groups in total. The Hall–Kier alpha value is -0.980. The van der Waals surface area contributed by atoms with Crippen LogP contribution in [0.4, 0.5) is 4.39 Å². The van der Waals surface area contributed by atoms with Crippen LogP contribution in [0.5, 0.6) is 0 Å². The number of nitrogens with one attached hydrogen (secondary N) is 1. The first kappa shape index (κ1) is 13.5. The summed E-state index contributed by atoms with van der Waals surface area (Å²) in [5, 5.41) is 3.13. The number of piperazine rings is 1. The van der Waals surface area contributed by atoms with Crippen molar-refractivity contribution in [2.45, 2.75) is 24.8 Å². The highest BCUT2D eigenvalue weighted by Crippen LogP contribution is 2.23. The van der Waals surface area contributed by atoms with Crippen molar-refractivity contribution in [1.82, 2.24) is 9.62 Å². The smallest absolute Gasteiger partial charge is 0.243 e. The minimum atomic E-state index is -3.61. The SMILES string of the molecule is Cc1ccc(F)cc1S(=O)(=O)N1CCNC[C@@H]1C. The van der Waals surface area contributed by atoms with Gasteiger partial charge >= 0.3 is 0 Å². The van der Waals surface area contributed by atoms with Crippen LogP contribution in [0.3, 0.4) is 0 Å². The van der Waals surface area contributed by atoms with Gasteiger partial charge in [0.15, 0.2) is 0 Å². The van der Waals surface area contributed by atoms with Crippen molar-refractivity contribution in [2.24, 2.45) is 0 Å². The van der Waals surface area contributed by atoms with Gasteiger partial charge in [-0.1, -0.05) is 6.07 Å². The van der Waals surface area contributed by atoms with Crippen molar-refractivity contribution in [2.75, 3.05) is 19.6 Å². The highest BCUT2D eigenvalue weighted by Gasteiger charge is 2.32. The second-order valence-electron chi connectivity index (χ2n) is 4.58. The van der Waals surface area contributed by atoms with Gasteiger partial charge in [0.05, 0.1) is 4.90 Å². The van der Waals surface area contributed by atoms with Gasteiger partial charge in [0, 0.05) is 25.7 Å².